The van der Waals surface area contributed by atoms with Crippen molar-refractivity contribution >= 4 is 17.5 Å². The highest BCUT2D eigenvalue weighted by Crippen LogP contribution is 2.27. The van der Waals surface area contributed by atoms with Gasteiger partial charge in [-0.05, 0) is 13.3 Å². The van der Waals surface area contributed by atoms with Gasteiger partial charge in [-0.15, -0.1) is 11.6 Å². The van der Waals surface area contributed by atoms with E-state index in [0.717, 1.165) is 4.90 Å². The zero-order valence-corrected chi connectivity index (χ0v) is 8.15. The Balaban J connectivity index is 2.57. The van der Waals surface area contributed by atoms with Gasteiger partial charge < -0.3 is 4.90 Å². The normalized spacial score (nSPS) is 24.2. The number of carbonyl (C=O) groups is 1. The molecule has 1 heterocycles. The van der Waals surface area contributed by atoms with Crippen molar-refractivity contribution in [2.45, 2.75) is 31.1 Å². The highest BCUT2D eigenvalue weighted by molar-refractivity contribution is 6.30. The highest BCUT2D eigenvalue weighted by atomic mass is 35.5. The van der Waals surface area contributed by atoms with Crippen LogP contribution in [0.2, 0.25) is 0 Å². The number of nitrogens with zero attached hydrogens (tertiary/aromatic N) is 1. The summed E-state index contributed by atoms with van der Waals surface area (Å²) >= 11 is 5.52. The number of piperidine rings is 1. The van der Waals surface area contributed by atoms with Crippen molar-refractivity contribution in [3.8, 4) is 0 Å². The molecule has 0 aromatic carbocycles. The van der Waals surface area contributed by atoms with E-state index >= 15 is 0 Å². The van der Waals surface area contributed by atoms with Crippen molar-refractivity contribution in [2.75, 3.05) is 13.1 Å². The second-order valence-electron chi connectivity index (χ2n) is 3.34. The maximum absolute atomic E-state index is 12.8. The third-order valence-electron chi connectivity index (χ3n) is 2.04. The van der Waals surface area contributed by atoms with Crippen LogP contribution in [0.4, 0.5) is 8.78 Å². The van der Waals surface area contributed by atoms with Gasteiger partial charge in [0.15, 0.2) is 0 Å². The molecule has 2 nitrogen and oxygen atoms in total. The number of alkyl halides is 3. The molecular weight excluding hydrogens is 200 g/mol. The molecule has 0 radical (unpaired) electrons. The molecule has 1 atom stereocenters. The summed E-state index contributed by atoms with van der Waals surface area (Å²) in [6.45, 7) is 1.41. The van der Waals surface area contributed by atoms with E-state index < -0.39 is 23.8 Å². The van der Waals surface area contributed by atoms with E-state index in [4.69, 9.17) is 11.6 Å². The smallest absolute Gasteiger partial charge is 0.265 e. The molecule has 0 aromatic rings. The lowest BCUT2D eigenvalue weighted by atomic mass is 10.1. The maximum atomic E-state index is 12.8. The molecule has 0 N–H and O–H groups in total. The average molecular weight is 212 g/mol. The van der Waals surface area contributed by atoms with Crippen LogP contribution in [-0.4, -0.2) is 35.2 Å². The van der Waals surface area contributed by atoms with Crippen LogP contribution in [0.25, 0.3) is 0 Å². The van der Waals surface area contributed by atoms with E-state index in [-0.39, 0.29) is 6.42 Å². The van der Waals surface area contributed by atoms with Gasteiger partial charge in [-0.3, -0.25) is 4.79 Å². The minimum Gasteiger partial charge on any atom is -0.335 e. The van der Waals surface area contributed by atoms with Crippen molar-refractivity contribution in [2.24, 2.45) is 0 Å². The minimum absolute atomic E-state index is 0.132. The Morgan fingerprint density at radius 1 is 1.62 bits per heavy atom. The molecule has 5 heteroatoms. The lowest BCUT2D eigenvalue weighted by molar-refractivity contribution is -0.140. The summed E-state index contributed by atoms with van der Waals surface area (Å²) in [6, 6.07) is 0. The lowest BCUT2D eigenvalue weighted by Gasteiger charge is -2.33. The standard InChI is InChI=1S/C8H12ClF2NO/c1-6(9)7(13)12-4-2-3-8(10,11)5-12/h6H,2-5H2,1H3/t6-/m0/s1. The van der Waals surface area contributed by atoms with E-state index in [1.165, 1.54) is 6.92 Å². The quantitative estimate of drug-likeness (QED) is 0.607. The molecule has 0 spiro atoms. The molecule has 13 heavy (non-hydrogen) atoms. The van der Waals surface area contributed by atoms with Gasteiger partial charge in [0.2, 0.25) is 5.91 Å². The van der Waals surface area contributed by atoms with E-state index in [1.54, 1.807) is 0 Å². The molecule has 76 valence electrons. The number of likely N-dealkylation sites (tertiary alicyclic amines) is 1. The summed E-state index contributed by atoms with van der Waals surface area (Å²) < 4.78 is 25.7. The van der Waals surface area contributed by atoms with Gasteiger partial charge in [0.25, 0.3) is 5.92 Å². The first-order chi connectivity index (χ1) is 5.92. The van der Waals surface area contributed by atoms with Crippen LogP contribution >= 0.6 is 11.6 Å². The van der Waals surface area contributed by atoms with Gasteiger partial charge in [0.05, 0.1) is 6.54 Å². The van der Waals surface area contributed by atoms with Gasteiger partial charge >= 0.3 is 0 Å². The molecular formula is C8H12ClF2NO. The lowest BCUT2D eigenvalue weighted by Crippen LogP contribution is -2.47. The van der Waals surface area contributed by atoms with Crippen LogP contribution in [0, 0.1) is 0 Å². The van der Waals surface area contributed by atoms with Crippen LogP contribution in [0.3, 0.4) is 0 Å². The second kappa shape index (κ2) is 3.78. The average Bonchev–Trinajstić information content (AvgIpc) is 2.01. The summed E-state index contributed by atoms with van der Waals surface area (Å²) in [5.41, 5.74) is 0. The Labute approximate surface area is 80.8 Å². The predicted octanol–water partition coefficient (Wildman–Crippen LogP) is 1.87. The molecule has 1 aliphatic heterocycles. The van der Waals surface area contributed by atoms with Crippen LogP contribution in [0.15, 0.2) is 0 Å². The third-order valence-corrected chi connectivity index (χ3v) is 2.23. The van der Waals surface area contributed by atoms with Crippen LogP contribution in [0.5, 0.6) is 0 Å². The van der Waals surface area contributed by atoms with Gasteiger partial charge in [-0.25, -0.2) is 8.78 Å². The Bertz CT molecular complexity index is 208. The fraction of sp³-hybridized carbons (Fsp3) is 0.875. The highest BCUT2D eigenvalue weighted by Gasteiger charge is 2.37. The number of carbonyl (C=O) groups excluding carboxylic acids is 1. The van der Waals surface area contributed by atoms with Gasteiger partial charge in [-0.1, -0.05) is 0 Å². The SMILES string of the molecule is C[C@H](Cl)C(=O)N1CCCC(F)(F)C1. The Morgan fingerprint density at radius 3 is 2.69 bits per heavy atom. The van der Waals surface area contributed by atoms with Crippen molar-refractivity contribution in [1.29, 1.82) is 0 Å². The molecule has 1 rings (SSSR count). The molecule has 1 fully saturated rings. The molecule has 0 saturated carbocycles. The van der Waals surface area contributed by atoms with Crippen molar-refractivity contribution in [3.05, 3.63) is 0 Å². The van der Waals surface area contributed by atoms with Crippen molar-refractivity contribution in [3.63, 3.8) is 0 Å². The number of hydrogen-bond donors (Lipinski definition) is 0. The second-order valence-corrected chi connectivity index (χ2v) is 3.99. The van der Waals surface area contributed by atoms with E-state index in [1.807, 2.05) is 0 Å². The first-order valence-corrected chi connectivity index (χ1v) is 4.67. The summed E-state index contributed by atoms with van der Waals surface area (Å²) in [5.74, 6) is -3.14. The monoisotopic (exact) mass is 211 g/mol. The molecule has 0 bridgehead atoms. The van der Waals surface area contributed by atoms with Gasteiger partial charge in [0.1, 0.15) is 5.38 Å². The van der Waals surface area contributed by atoms with Gasteiger partial charge in [-0.2, -0.15) is 0 Å². The first kappa shape index (κ1) is 10.7. The van der Waals surface area contributed by atoms with E-state index in [0.29, 0.717) is 13.0 Å². The van der Waals surface area contributed by atoms with Crippen LogP contribution in [-0.2, 0) is 4.79 Å². The first-order valence-electron chi connectivity index (χ1n) is 4.23. The summed E-state index contributed by atoms with van der Waals surface area (Å²) in [5, 5.41) is -0.714. The van der Waals surface area contributed by atoms with E-state index in [9.17, 15) is 13.6 Å². The zero-order valence-electron chi connectivity index (χ0n) is 7.40. The molecule has 1 saturated heterocycles. The molecule has 1 amide bonds. The third kappa shape index (κ3) is 2.79. The van der Waals surface area contributed by atoms with Crippen molar-refractivity contribution in [1.82, 2.24) is 4.90 Å². The van der Waals surface area contributed by atoms with Crippen LogP contribution < -0.4 is 0 Å². The fourth-order valence-electron chi connectivity index (χ4n) is 1.41. The van der Waals surface area contributed by atoms with E-state index in [2.05, 4.69) is 0 Å². The topological polar surface area (TPSA) is 20.3 Å². The number of amides is 1. The van der Waals surface area contributed by atoms with Gasteiger partial charge in [0, 0.05) is 13.0 Å². The summed E-state index contributed by atoms with van der Waals surface area (Å²) in [7, 11) is 0. The Kier molecular flexibility index (Phi) is 3.11. The predicted molar refractivity (Wildman–Crippen MR) is 46.1 cm³/mol. The Morgan fingerprint density at radius 2 is 2.23 bits per heavy atom. The fourth-order valence-corrected chi connectivity index (χ4v) is 1.54. The summed E-state index contributed by atoms with van der Waals surface area (Å²) in [6.07, 6.45) is 0.218. The molecule has 0 unspecified atom stereocenters. The molecule has 0 aromatic heterocycles. The van der Waals surface area contributed by atoms with Crippen molar-refractivity contribution < 1.29 is 13.6 Å². The molecule has 0 aliphatic carbocycles. The zero-order chi connectivity index (χ0) is 10.1. The Hall–Kier alpha value is -0.380. The summed E-state index contributed by atoms with van der Waals surface area (Å²) in [4.78, 5) is 12.4. The van der Waals surface area contributed by atoms with Crippen LogP contribution in [0.1, 0.15) is 19.8 Å². The number of hydrogen-bond acceptors (Lipinski definition) is 1. The minimum atomic E-state index is -2.74. The largest absolute Gasteiger partial charge is 0.335 e. The molecule has 1 aliphatic rings. The number of halogens is 3. The number of rotatable bonds is 1. The maximum Gasteiger partial charge on any atom is 0.265 e.